The molecule has 14 heavy (non-hydrogen) atoms. The minimum absolute atomic E-state index is 0.0348. The molecule has 0 saturated carbocycles. The van der Waals surface area contributed by atoms with E-state index in [1.807, 2.05) is 13.8 Å². The van der Waals surface area contributed by atoms with E-state index in [1.165, 1.54) is 0 Å². The van der Waals surface area contributed by atoms with Gasteiger partial charge in [-0.05, 0) is 19.9 Å². The molecule has 0 radical (unpaired) electrons. The number of nitrogens with one attached hydrogen (secondary N) is 1. The molecule has 4 nitrogen and oxygen atoms in total. The van der Waals surface area contributed by atoms with Crippen molar-refractivity contribution in [3.05, 3.63) is 0 Å². The molecule has 0 aliphatic rings. The molecule has 0 aromatic heterocycles. The second-order valence-corrected chi connectivity index (χ2v) is 5.65. The van der Waals surface area contributed by atoms with Crippen molar-refractivity contribution in [1.82, 2.24) is 5.32 Å². The summed E-state index contributed by atoms with van der Waals surface area (Å²) in [4.78, 5) is 0. The Bertz CT molecular complexity index is 226. The molecule has 1 unspecified atom stereocenters. The molecule has 0 spiro atoms. The first-order valence-electron chi connectivity index (χ1n) is 4.94. The van der Waals surface area contributed by atoms with E-state index in [0.29, 0.717) is 13.0 Å². The van der Waals surface area contributed by atoms with Crippen molar-refractivity contribution < 1.29 is 13.2 Å². The normalized spacial score (nSPS) is 14.2. The summed E-state index contributed by atoms with van der Waals surface area (Å²) in [6.45, 7) is 5.16. The molecule has 0 aromatic rings. The van der Waals surface area contributed by atoms with Crippen LogP contribution >= 0.6 is 0 Å². The second-order valence-electron chi connectivity index (χ2n) is 3.42. The van der Waals surface area contributed by atoms with Crippen LogP contribution in [0.15, 0.2) is 0 Å². The largest absolute Gasteiger partial charge is 0.385 e. The van der Waals surface area contributed by atoms with Gasteiger partial charge < -0.3 is 10.1 Å². The summed E-state index contributed by atoms with van der Waals surface area (Å²) in [6.07, 6.45) is 0.581. The van der Waals surface area contributed by atoms with Crippen molar-refractivity contribution in [2.24, 2.45) is 0 Å². The Hall–Kier alpha value is -0.130. The number of sulfone groups is 1. The number of ether oxygens (including phenoxy) is 1. The topological polar surface area (TPSA) is 55.4 Å². The van der Waals surface area contributed by atoms with Crippen LogP contribution in [0.1, 0.15) is 20.3 Å². The van der Waals surface area contributed by atoms with E-state index in [4.69, 9.17) is 4.74 Å². The molecule has 5 heteroatoms. The maximum absolute atomic E-state index is 11.5. The van der Waals surface area contributed by atoms with Gasteiger partial charge in [-0.1, -0.05) is 6.92 Å². The molecular weight excluding hydrogens is 202 g/mol. The molecule has 0 bridgehead atoms. The predicted octanol–water partition coefficient (Wildman–Crippen LogP) is 0.436. The van der Waals surface area contributed by atoms with Gasteiger partial charge in [-0.15, -0.1) is 0 Å². The van der Waals surface area contributed by atoms with Crippen LogP contribution in [0.4, 0.5) is 0 Å². The van der Waals surface area contributed by atoms with Gasteiger partial charge in [0.05, 0.1) is 11.5 Å². The van der Waals surface area contributed by atoms with Crippen molar-refractivity contribution in [2.45, 2.75) is 26.3 Å². The highest BCUT2D eigenvalue weighted by molar-refractivity contribution is 7.91. The van der Waals surface area contributed by atoms with Crippen LogP contribution in [0.25, 0.3) is 0 Å². The van der Waals surface area contributed by atoms with Crippen LogP contribution < -0.4 is 5.32 Å². The van der Waals surface area contributed by atoms with Crippen molar-refractivity contribution in [2.75, 3.05) is 31.8 Å². The molecule has 0 fully saturated rings. The third kappa shape index (κ3) is 7.29. The Morgan fingerprint density at radius 3 is 2.57 bits per heavy atom. The van der Waals surface area contributed by atoms with Crippen LogP contribution in [0, 0.1) is 0 Å². The average Bonchev–Trinajstić information content (AvgIpc) is 2.03. The van der Waals surface area contributed by atoms with E-state index < -0.39 is 9.84 Å². The summed E-state index contributed by atoms with van der Waals surface area (Å²) in [5.74, 6) is 0.432. The molecule has 0 aromatic carbocycles. The van der Waals surface area contributed by atoms with Gasteiger partial charge in [-0.25, -0.2) is 8.42 Å². The van der Waals surface area contributed by atoms with E-state index in [2.05, 4.69) is 5.32 Å². The Balaban J connectivity index is 3.82. The maximum Gasteiger partial charge on any atom is 0.151 e. The Labute approximate surface area is 86.9 Å². The monoisotopic (exact) mass is 223 g/mol. The third-order valence-electron chi connectivity index (χ3n) is 1.86. The van der Waals surface area contributed by atoms with Crippen molar-refractivity contribution >= 4 is 9.84 Å². The van der Waals surface area contributed by atoms with E-state index in [1.54, 1.807) is 7.11 Å². The predicted molar refractivity (Wildman–Crippen MR) is 58.3 cm³/mol. The summed E-state index contributed by atoms with van der Waals surface area (Å²) < 4.78 is 27.8. The summed E-state index contributed by atoms with van der Waals surface area (Å²) in [6, 6.07) is 0.0348. The van der Waals surface area contributed by atoms with Crippen molar-refractivity contribution in [3.63, 3.8) is 0 Å². The minimum Gasteiger partial charge on any atom is -0.385 e. The lowest BCUT2D eigenvalue weighted by Gasteiger charge is -2.12. The van der Waals surface area contributed by atoms with Crippen molar-refractivity contribution in [3.8, 4) is 0 Å². The van der Waals surface area contributed by atoms with Crippen molar-refractivity contribution in [1.29, 1.82) is 0 Å². The highest BCUT2D eigenvalue weighted by atomic mass is 32.2. The van der Waals surface area contributed by atoms with Gasteiger partial charge in [-0.3, -0.25) is 0 Å². The lowest BCUT2D eigenvalue weighted by atomic mass is 10.4. The molecule has 0 rings (SSSR count). The van der Waals surface area contributed by atoms with E-state index in [-0.39, 0.29) is 17.5 Å². The van der Waals surface area contributed by atoms with Gasteiger partial charge >= 0.3 is 0 Å². The quantitative estimate of drug-likeness (QED) is 0.607. The summed E-state index contributed by atoms with van der Waals surface area (Å²) in [7, 11) is -1.34. The number of hydrogen-bond acceptors (Lipinski definition) is 4. The van der Waals surface area contributed by atoms with E-state index in [0.717, 1.165) is 6.54 Å². The fourth-order valence-electron chi connectivity index (χ4n) is 1.29. The fraction of sp³-hybridized carbons (Fsp3) is 1.00. The number of rotatable bonds is 8. The van der Waals surface area contributed by atoms with Gasteiger partial charge in [0.2, 0.25) is 0 Å². The molecule has 0 saturated heterocycles. The Kier molecular flexibility index (Phi) is 7.13. The maximum atomic E-state index is 11.5. The van der Waals surface area contributed by atoms with Gasteiger partial charge in [0.1, 0.15) is 0 Å². The molecule has 0 amide bonds. The number of methoxy groups -OCH3 is 1. The molecule has 0 aliphatic heterocycles. The van der Waals surface area contributed by atoms with E-state index >= 15 is 0 Å². The van der Waals surface area contributed by atoms with Gasteiger partial charge in [0, 0.05) is 19.8 Å². The molecule has 0 heterocycles. The summed E-state index contributed by atoms with van der Waals surface area (Å²) >= 11 is 0. The molecule has 1 N–H and O–H groups in total. The smallest absolute Gasteiger partial charge is 0.151 e. The fourth-order valence-corrected chi connectivity index (χ4v) is 2.90. The first-order valence-corrected chi connectivity index (χ1v) is 6.76. The van der Waals surface area contributed by atoms with Crippen LogP contribution in [0.2, 0.25) is 0 Å². The van der Waals surface area contributed by atoms with Crippen LogP contribution in [0.5, 0.6) is 0 Å². The highest BCUT2D eigenvalue weighted by Gasteiger charge is 2.14. The van der Waals surface area contributed by atoms with Gasteiger partial charge in [-0.2, -0.15) is 0 Å². The zero-order chi connectivity index (χ0) is 11.0. The molecule has 1 atom stereocenters. The zero-order valence-corrected chi connectivity index (χ0v) is 10.1. The first-order chi connectivity index (χ1) is 6.52. The number of hydrogen-bond donors (Lipinski definition) is 1. The second kappa shape index (κ2) is 7.20. The zero-order valence-electron chi connectivity index (χ0n) is 9.25. The molecule has 0 aliphatic carbocycles. The minimum atomic E-state index is -2.92. The lowest BCUT2D eigenvalue weighted by Crippen LogP contribution is -2.33. The third-order valence-corrected chi connectivity index (χ3v) is 3.78. The van der Waals surface area contributed by atoms with Crippen LogP contribution in [-0.4, -0.2) is 46.2 Å². The highest BCUT2D eigenvalue weighted by Crippen LogP contribution is 1.97. The standard InChI is InChI=1S/C9H21NO3S/c1-4-10-9(2)8-14(11,12)7-5-6-13-3/h9-10H,4-8H2,1-3H3. The Morgan fingerprint density at radius 1 is 1.43 bits per heavy atom. The molecular formula is C9H21NO3S. The SMILES string of the molecule is CCNC(C)CS(=O)(=O)CCCOC. The summed E-state index contributed by atoms with van der Waals surface area (Å²) in [5, 5.41) is 3.08. The van der Waals surface area contributed by atoms with Gasteiger partial charge in [0.25, 0.3) is 0 Å². The van der Waals surface area contributed by atoms with Crippen LogP contribution in [0.3, 0.4) is 0 Å². The van der Waals surface area contributed by atoms with E-state index in [9.17, 15) is 8.42 Å². The average molecular weight is 223 g/mol. The molecule has 86 valence electrons. The lowest BCUT2D eigenvalue weighted by molar-refractivity contribution is 0.199. The van der Waals surface area contributed by atoms with Crippen LogP contribution in [-0.2, 0) is 14.6 Å². The van der Waals surface area contributed by atoms with Gasteiger partial charge in [0.15, 0.2) is 9.84 Å². The first kappa shape index (κ1) is 13.9. The summed E-state index contributed by atoms with van der Waals surface area (Å²) in [5.41, 5.74) is 0. The Morgan fingerprint density at radius 2 is 2.07 bits per heavy atom.